The number of aromatic nitrogens is 3. The Kier molecular flexibility index (Phi) is 3.57. The summed E-state index contributed by atoms with van der Waals surface area (Å²) in [5.41, 5.74) is 5.28. The number of hydrogen-bond donors (Lipinski definition) is 1. The predicted octanol–water partition coefficient (Wildman–Crippen LogP) is 1.90. The van der Waals surface area contributed by atoms with Crippen LogP contribution in [0.3, 0.4) is 0 Å². The fraction of sp³-hybridized carbons (Fsp3) is 0.750. The van der Waals surface area contributed by atoms with Crippen molar-refractivity contribution >= 4 is 5.95 Å². The molecule has 0 amide bonds. The number of hydrogen-bond acceptors (Lipinski definition) is 5. The van der Waals surface area contributed by atoms with Gasteiger partial charge in [0.15, 0.2) is 5.82 Å². The van der Waals surface area contributed by atoms with Crippen molar-refractivity contribution in [2.75, 3.05) is 12.3 Å². The lowest BCUT2D eigenvalue weighted by atomic mass is 9.79. The second-order valence-electron chi connectivity index (χ2n) is 4.78. The number of ether oxygens (including phenoxy) is 1. The SMILES string of the molecule is CCOC1(c2ncnc(N)n2)CCC(C)CC1. The summed E-state index contributed by atoms with van der Waals surface area (Å²) in [5.74, 6) is 1.72. The quantitative estimate of drug-likeness (QED) is 0.867. The Labute approximate surface area is 102 Å². The molecule has 2 N–H and O–H groups in total. The molecule has 94 valence electrons. The summed E-state index contributed by atoms with van der Waals surface area (Å²) >= 11 is 0. The van der Waals surface area contributed by atoms with E-state index in [2.05, 4.69) is 21.9 Å². The minimum absolute atomic E-state index is 0.271. The molecule has 17 heavy (non-hydrogen) atoms. The Bertz CT molecular complexity index is 375. The summed E-state index contributed by atoms with van der Waals surface area (Å²) in [5, 5.41) is 0. The molecule has 5 nitrogen and oxygen atoms in total. The van der Waals surface area contributed by atoms with Crippen molar-refractivity contribution in [2.45, 2.75) is 45.1 Å². The van der Waals surface area contributed by atoms with E-state index in [1.807, 2.05) is 6.92 Å². The molecule has 1 aliphatic carbocycles. The van der Waals surface area contributed by atoms with Gasteiger partial charge in [-0.3, -0.25) is 0 Å². The molecule has 1 aromatic rings. The Morgan fingerprint density at radius 2 is 2.12 bits per heavy atom. The van der Waals surface area contributed by atoms with Crippen molar-refractivity contribution in [2.24, 2.45) is 5.92 Å². The fourth-order valence-corrected chi connectivity index (χ4v) is 2.47. The van der Waals surface area contributed by atoms with Crippen LogP contribution in [0.1, 0.15) is 45.4 Å². The van der Waals surface area contributed by atoms with Crippen LogP contribution in [0, 0.1) is 5.92 Å². The summed E-state index contributed by atoms with van der Waals surface area (Å²) in [7, 11) is 0. The highest BCUT2D eigenvalue weighted by Crippen LogP contribution is 2.40. The number of anilines is 1. The lowest BCUT2D eigenvalue weighted by Gasteiger charge is -2.37. The summed E-state index contributed by atoms with van der Waals surface area (Å²) in [6.07, 6.45) is 5.69. The minimum atomic E-state index is -0.349. The van der Waals surface area contributed by atoms with Gasteiger partial charge in [0.1, 0.15) is 11.9 Å². The lowest BCUT2D eigenvalue weighted by molar-refractivity contribution is -0.0837. The largest absolute Gasteiger partial charge is 0.368 e. The first-order valence-corrected chi connectivity index (χ1v) is 6.25. The summed E-state index contributed by atoms with van der Waals surface area (Å²) in [6, 6.07) is 0. The molecule has 1 fully saturated rings. The first-order valence-electron chi connectivity index (χ1n) is 6.25. The van der Waals surface area contributed by atoms with Crippen LogP contribution >= 0.6 is 0 Å². The van der Waals surface area contributed by atoms with Gasteiger partial charge in [0, 0.05) is 6.61 Å². The monoisotopic (exact) mass is 236 g/mol. The van der Waals surface area contributed by atoms with Gasteiger partial charge in [0.25, 0.3) is 0 Å². The number of nitrogens with two attached hydrogens (primary N) is 1. The van der Waals surface area contributed by atoms with E-state index in [1.165, 1.54) is 6.33 Å². The van der Waals surface area contributed by atoms with Crippen LogP contribution in [-0.2, 0) is 10.3 Å². The molecule has 5 heteroatoms. The van der Waals surface area contributed by atoms with Crippen LogP contribution in [0.5, 0.6) is 0 Å². The number of nitrogen functional groups attached to an aromatic ring is 1. The molecular weight excluding hydrogens is 216 g/mol. The lowest BCUT2D eigenvalue weighted by Crippen LogP contribution is -2.36. The normalized spacial score (nSPS) is 29.2. The van der Waals surface area contributed by atoms with E-state index in [1.54, 1.807) is 0 Å². The minimum Gasteiger partial charge on any atom is -0.368 e. The van der Waals surface area contributed by atoms with E-state index in [0.717, 1.165) is 31.6 Å². The molecule has 1 heterocycles. The second-order valence-corrected chi connectivity index (χ2v) is 4.78. The van der Waals surface area contributed by atoms with Crippen LogP contribution in [0.15, 0.2) is 6.33 Å². The Morgan fingerprint density at radius 3 is 2.71 bits per heavy atom. The summed E-state index contributed by atoms with van der Waals surface area (Å²) in [6.45, 7) is 4.95. The molecule has 1 aliphatic rings. The molecule has 1 aromatic heterocycles. The van der Waals surface area contributed by atoms with Gasteiger partial charge in [-0.05, 0) is 38.5 Å². The molecule has 0 spiro atoms. The van der Waals surface area contributed by atoms with Crippen LogP contribution in [-0.4, -0.2) is 21.6 Å². The molecule has 0 aromatic carbocycles. The number of nitrogens with zero attached hydrogens (tertiary/aromatic N) is 3. The highest BCUT2D eigenvalue weighted by Gasteiger charge is 2.39. The van der Waals surface area contributed by atoms with E-state index in [4.69, 9.17) is 10.5 Å². The molecule has 0 saturated heterocycles. The number of rotatable bonds is 3. The highest BCUT2D eigenvalue weighted by molar-refractivity contribution is 5.16. The van der Waals surface area contributed by atoms with E-state index in [0.29, 0.717) is 12.4 Å². The second kappa shape index (κ2) is 4.96. The maximum Gasteiger partial charge on any atom is 0.223 e. The molecule has 0 unspecified atom stereocenters. The van der Waals surface area contributed by atoms with Crippen LogP contribution in [0.2, 0.25) is 0 Å². The van der Waals surface area contributed by atoms with Crippen LogP contribution in [0.25, 0.3) is 0 Å². The van der Waals surface area contributed by atoms with E-state index in [9.17, 15) is 0 Å². The third-order valence-electron chi connectivity index (χ3n) is 3.50. The van der Waals surface area contributed by atoms with Crippen molar-refractivity contribution in [1.82, 2.24) is 15.0 Å². The van der Waals surface area contributed by atoms with E-state index in [-0.39, 0.29) is 11.5 Å². The van der Waals surface area contributed by atoms with Gasteiger partial charge < -0.3 is 10.5 Å². The smallest absolute Gasteiger partial charge is 0.223 e. The summed E-state index contributed by atoms with van der Waals surface area (Å²) < 4.78 is 5.95. The molecule has 0 bridgehead atoms. The Hall–Kier alpha value is -1.23. The zero-order valence-electron chi connectivity index (χ0n) is 10.5. The highest BCUT2D eigenvalue weighted by atomic mass is 16.5. The molecular formula is C12H20N4O. The van der Waals surface area contributed by atoms with Crippen molar-refractivity contribution in [3.8, 4) is 0 Å². The van der Waals surface area contributed by atoms with Crippen LogP contribution < -0.4 is 5.73 Å². The third-order valence-corrected chi connectivity index (χ3v) is 3.50. The Balaban J connectivity index is 2.27. The van der Waals surface area contributed by atoms with Gasteiger partial charge in [0.05, 0.1) is 0 Å². The van der Waals surface area contributed by atoms with Gasteiger partial charge in [-0.25, -0.2) is 9.97 Å². The average molecular weight is 236 g/mol. The van der Waals surface area contributed by atoms with Crippen molar-refractivity contribution in [3.63, 3.8) is 0 Å². The molecule has 1 saturated carbocycles. The summed E-state index contributed by atoms with van der Waals surface area (Å²) in [4.78, 5) is 12.3. The Morgan fingerprint density at radius 1 is 1.41 bits per heavy atom. The first-order chi connectivity index (χ1) is 8.16. The van der Waals surface area contributed by atoms with Gasteiger partial charge in [-0.1, -0.05) is 6.92 Å². The van der Waals surface area contributed by atoms with Crippen molar-refractivity contribution in [1.29, 1.82) is 0 Å². The molecule has 2 rings (SSSR count). The maximum atomic E-state index is 5.95. The first kappa shape index (κ1) is 12.2. The van der Waals surface area contributed by atoms with Crippen molar-refractivity contribution in [3.05, 3.63) is 12.2 Å². The topological polar surface area (TPSA) is 73.9 Å². The van der Waals surface area contributed by atoms with Gasteiger partial charge in [-0.15, -0.1) is 0 Å². The predicted molar refractivity (Wildman–Crippen MR) is 65.2 cm³/mol. The fourth-order valence-electron chi connectivity index (χ4n) is 2.47. The third kappa shape index (κ3) is 2.54. The van der Waals surface area contributed by atoms with Gasteiger partial charge in [0.2, 0.25) is 5.95 Å². The standard InChI is InChI=1S/C12H20N4O/c1-3-17-12(6-4-9(2)5-7-12)10-14-8-15-11(13)16-10/h8-9H,3-7H2,1-2H3,(H2,13,14,15,16). The van der Waals surface area contributed by atoms with Gasteiger partial charge in [-0.2, -0.15) is 4.98 Å². The zero-order chi connectivity index (χ0) is 12.3. The molecule has 0 radical (unpaired) electrons. The van der Waals surface area contributed by atoms with E-state index >= 15 is 0 Å². The van der Waals surface area contributed by atoms with E-state index < -0.39 is 0 Å². The molecule has 0 atom stereocenters. The van der Waals surface area contributed by atoms with Crippen LogP contribution in [0.4, 0.5) is 5.95 Å². The zero-order valence-corrected chi connectivity index (χ0v) is 10.5. The molecule has 0 aliphatic heterocycles. The van der Waals surface area contributed by atoms with Gasteiger partial charge >= 0.3 is 0 Å². The maximum absolute atomic E-state index is 5.95. The average Bonchev–Trinajstić information content (AvgIpc) is 2.33. The van der Waals surface area contributed by atoms with Crippen molar-refractivity contribution < 1.29 is 4.74 Å².